The third-order valence-corrected chi connectivity index (χ3v) is 15.2. The fourth-order valence-electron chi connectivity index (χ4n) is 12.0. The second kappa shape index (κ2) is 11.1. The molecular weight excluding hydrogens is 615 g/mol. The number of allylic oxidation sites excluding steroid dienone is 3. The van der Waals surface area contributed by atoms with Gasteiger partial charge < -0.3 is 16.6 Å². The smallest absolute Gasteiger partial charge is 0.310 e. The van der Waals surface area contributed by atoms with Crippen LogP contribution in [0.1, 0.15) is 105 Å². The van der Waals surface area contributed by atoms with Crippen LogP contribution in [0.15, 0.2) is 45.6 Å². The molecule has 5 aliphatic carbocycles. The Balaban J connectivity index is 1.49. The van der Waals surface area contributed by atoms with Gasteiger partial charge in [0.05, 0.1) is 11.1 Å². The van der Waals surface area contributed by atoms with Gasteiger partial charge in [0.25, 0.3) is 0 Å². The molecule has 4 saturated carbocycles. The normalized spacial score (nSPS) is 43.1. The summed E-state index contributed by atoms with van der Waals surface area (Å²) < 4.78 is 0. The molecule has 9 atom stereocenters. The van der Waals surface area contributed by atoms with E-state index in [9.17, 15) is 9.90 Å². The number of carboxylic acids is 1. The van der Waals surface area contributed by atoms with Crippen molar-refractivity contribution < 1.29 is 9.90 Å². The van der Waals surface area contributed by atoms with Gasteiger partial charge >= 0.3 is 5.97 Å². The standard InChI is InChI=1S/C38H52Cl2N4O2/c1-21-12-15-38(32(45)46)17-16-36(6)26(30(38)22(21)2)10-11-29-35(5)20-24(18-23-8-9-25(39)19-27(23)40)31(43-44-33(41)42)34(3,4)28(35)13-14-37(29,36)7/h8-10,18-19,21-22,28-30H,11-17,20H2,1-7H3,(H,45,46)(H4,41,42,44)/b24-18+,43-31+/t21-,22+,28?,29?,30?,35+,36-,37-,38+/m1/s1. The summed E-state index contributed by atoms with van der Waals surface area (Å²) in [4.78, 5) is 13.1. The lowest BCUT2D eigenvalue weighted by Crippen LogP contribution is -2.65. The molecule has 6 rings (SSSR count). The molecule has 0 spiro atoms. The summed E-state index contributed by atoms with van der Waals surface area (Å²) in [5.74, 6) is 1.10. The maximum absolute atomic E-state index is 13.1. The first-order valence-corrected chi connectivity index (χ1v) is 17.9. The molecule has 4 fully saturated rings. The summed E-state index contributed by atoms with van der Waals surface area (Å²) in [5.41, 5.74) is 14.9. The molecule has 8 heteroatoms. The SMILES string of the molecule is C[C@@H]1CC[C@]2(C(=O)O)CC[C@]3(C)C(=CCC4[C@@]5(C)CC(=C\c6ccc(Cl)cc6Cl)/C(=N\N=C(N)N)C(C)(C)C5CC[C@]43C)C2[C@H]1C. The Hall–Kier alpha value is -2.31. The van der Waals surface area contributed by atoms with Crippen LogP contribution in [-0.4, -0.2) is 22.7 Å². The van der Waals surface area contributed by atoms with E-state index in [1.807, 2.05) is 12.1 Å². The zero-order valence-electron chi connectivity index (χ0n) is 28.6. The van der Waals surface area contributed by atoms with Crippen molar-refractivity contribution >= 4 is 46.9 Å². The number of carbonyl (C=O) groups is 1. The second-order valence-corrected chi connectivity index (χ2v) is 17.7. The molecule has 250 valence electrons. The molecule has 0 saturated heterocycles. The molecule has 5 N–H and O–H groups in total. The quantitative estimate of drug-likeness (QED) is 0.129. The van der Waals surface area contributed by atoms with Gasteiger partial charge in [-0.1, -0.05) is 89.4 Å². The first kappa shape index (κ1) is 33.6. The molecule has 6 nitrogen and oxygen atoms in total. The summed E-state index contributed by atoms with van der Waals surface area (Å²) in [7, 11) is 0. The van der Waals surface area contributed by atoms with Crippen LogP contribution in [0, 0.1) is 56.7 Å². The third kappa shape index (κ3) is 4.66. The van der Waals surface area contributed by atoms with E-state index in [2.05, 4.69) is 65.7 Å². The number of hydrogen-bond donors (Lipinski definition) is 3. The Morgan fingerprint density at radius 1 is 1.00 bits per heavy atom. The number of benzene rings is 1. The van der Waals surface area contributed by atoms with E-state index >= 15 is 0 Å². The maximum atomic E-state index is 13.1. The molecular formula is C38H52Cl2N4O2. The molecule has 0 radical (unpaired) electrons. The highest BCUT2D eigenvalue weighted by molar-refractivity contribution is 6.35. The molecule has 3 unspecified atom stereocenters. The molecule has 0 heterocycles. The highest BCUT2D eigenvalue weighted by Gasteiger charge is 2.69. The second-order valence-electron chi connectivity index (χ2n) is 16.8. The van der Waals surface area contributed by atoms with Crippen LogP contribution in [0.5, 0.6) is 0 Å². The first-order valence-electron chi connectivity index (χ1n) is 17.2. The Morgan fingerprint density at radius 2 is 1.72 bits per heavy atom. The fourth-order valence-corrected chi connectivity index (χ4v) is 12.4. The predicted octanol–water partition coefficient (Wildman–Crippen LogP) is 9.36. The van der Waals surface area contributed by atoms with E-state index in [0.717, 1.165) is 68.2 Å². The molecule has 0 aliphatic heterocycles. The van der Waals surface area contributed by atoms with E-state index in [1.54, 1.807) is 6.07 Å². The van der Waals surface area contributed by atoms with E-state index in [0.29, 0.717) is 33.7 Å². The summed E-state index contributed by atoms with van der Waals surface area (Å²) in [5, 5.41) is 20.8. The molecule has 46 heavy (non-hydrogen) atoms. The number of halogens is 2. The monoisotopic (exact) mass is 666 g/mol. The first-order chi connectivity index (χ1) is 21.4. The maximum Gasteiger partial charge on any atom is 0.310 e. The van der Waals surface area contributed by atoms with Crippen molar-refractivity contribution in [2.24, 2.45) is 78.3 Å². The van der Waals surface area contributed by atoms with Gasteiger partial charge in [0, 0.05) is 15.5 Å². The molecule has 1 aromatic carbocycles. The lowest BCUT2D eigenvalue weighted by Gasteiger charge is -2.71. The average molecular weight is 668 g/mol. The summed E-state index contributed by atoms with van der Waals surface area (Å²) in [6.07, 6.45) is 12.1. The van der Waals surface area contributed by atoms with E-state index in [4.69, 9.17) is 39.8 Å². The third-order valence-electron chi connectivity index (χ3n) is 14.6. The number of rotatable bonds is 3. The fraction of sp³-hybridized carbons (Fsp3) is 0.658. The van der Waals surface area contributed by atoms with Crippen molar-refractivity contribution in [1.82, 2.24) is 0 Å². The number of aliphatic carboxylic acids is 1. The zero-order valence-corrected chi connectivity index (χ0v) is 30.1. The number of carboxylic acid groups (broad SMARTS) is 1. The van der Waals surface area contributed by atoms with Crippen molar-refractivity contribution in [2.45, 2.75) is 99.8 Å². The zero-order chi connectivity index (χ0) is 33.6. The molecule has 1 aromatic rings. The molecule has 0 bridgehead atoms. The summed E-state index contributed by atoms with van der Waals surface area (Å²) in [6.45, 7) is 16.8. The van der Waals surface area contributed by atoms with Crippen LogP contribution in [0.2, 0.25) is 10.0 Å². The average Bonchev–Trinajstić information content (AvgIpc) is 2.95. The van der Waals surface area contributed by atoms with Gasteiger partial charge in [-0.3, -0.25) is 4.79 Å². The lowest BCUT2D eigenvalue weighted by molar-refractivity contribution is -0.179. The van der Waals surface area contributed by atoms with Crippen LogP contribution < -0.4 is 11.5 Å². The van der Waals surface area contributed by atoms with E-state index in [-0.39, 0.29) is 33.5 Å². The number of hydrogen-bond acceptors (Lipinski definition) is 3. The molecule has 0 aromatic heterocycles. The summed E-state index contributed by atoms with van der Waals surface area (Å²) >= 11 is 13.0. The highest BCUT2D eigenvalue weighted by Crippen LogP contribution is 2.76. The van der Waals surface area contributed by atoms with Crippen molar-refractivity contribution in [1.29, 1.82) is 0 Å². The Morgan fingerprint density at radius 3 is 2.37 bits per heavy atom. The highest BCUT2D eigenvalue weighted by atomic mass is 35.5. The predicted molar refractivity (Wildman–Crippen MR) is 190 cm³/mol. The van der Waals surface area contributed by atoms with Crippen LogP contribution >= 0.6 is 23.2 Å². The van der Waals surface area contributed by atoms with Gasteiger partial charge in [-0.05, 0) is 127 Å². The van der Waals surface area contributed by atoms with Gasteiger partial charge in [0.2, 0.25) is 5.96 Å². The van der Waals surface area contributed by atoms with Crippen LogP contribution in [0.3, 0.4) is 0 Å². The lowest BCUT2D eigenvalue weighted by atomic mass is 9.33. The minimum atomic E-state index is -0.640. The Bertz CT molecular complexity index is 1580. The summed E-state index contributed by atoms with van der Waals surface area (Å²) in [6, 6.07) is 5.60. The largest absolute Gasteiger partial charge is 0.481 e. The van der Waals surface area contributed by atoms with Crippen molar-refractivity contribution in [3.05, 3.63) is 51.0 Å². The van der Waals surface area contributed by atoms with Crippen LogP contribution in [0.25, 0.3) is 6.08 Å². The minimum absolute atomic E-state index is 0.0288. The number of nitrogens with two attached hydrogens (primary N) is 2. The number of nitrogens with zero attached hydrogens (tertiary/aromatic N) is 2. The van der Waals surface area contributed by atoms with Crippen molar-refractivity contribution in [3.63, 3.8) is 0 Å². The van der Waals surface area contributed by atoms with E-state index < -0.39 is 11.4 Å². The van der Waals surface area contributed by atoms with Gasteiger partial charge in [-0.15, -0.1) is 5.10 Å². The topological polar surface area (TPSA) is 114 Å². The van der Waals surface area contributed by atoms with Crippen LogP contribution in [-0.2, 0) is 4.79 Å². The van der Waals surface area contributed by atoms with Crippen molar-refractivity contribution in [3.8, 4) is 0 Å². The Kier molecular flexibility index (Phi) is 8.12. The van der Waals surface area contributed by atoms with Crippen molar-refractivity contribution in [2.75, 3.05) is 0 Å². The minimum Gasteiger partial charge on any atom is -0.481 e. The Labute approximate surface area is 285 Å². The van der Waals surface area contributed by atoms with Gasteiger partial charge in [0.1, 0.15) is 0 Å². The van der Waals surface area contributed by atoms with E-state index in [1.165, 1.54) is 5.57 Å². The van der Waals surface area contributed by atoms with Gasteiger partial charge in [-0.25, -0.2) is 0 Å². The van der Waals surface area contributed by atoms with Gasteiger partial charge in [0.15, 0.2) is 0 Å². The number of guanidine groups is 1. The molecule has 5 aliphatic rings. The van der Waals surface area contributed by atoms with Crippen LogP contribution in [0.4, 0.5) is 0 Å². The van der Waals surface area contributed by atoms with Gasteiger partial charge in [-0.2, -0.15) is 5.10 Å². The number of fused-ring (bicyclic) bond motifs is 7. The molecule has 0 amide bonds.